The average Bonchev–Trinajstić information content (AvgIpc) is 2.67. The lowest BCUT2D eigenvalue weighted by Crippen LogP contribution is -2.03. The largest absolute Gasteiger partial charge is 0.297 e. The van der Waals surface area contributed by atoms with Crippen LogP contribution in [-0.4, -0.2) is 11.3 Å². The number of aldehydes is 1. The molecule has 0 N–H and O–H groups in total. The minimum atomic E-state index is 0.632. The van der Waals surface area contributed by atoms with E-state index in [1.165, 1.54) is 37.1 Å². The summed E-state index contributed by atoms with van der Waals surface area (Å²) in [6.45, 7) is 0. The highest BCUT2D eigenvalue weighted by Gasteiger charge is 2.18. The molecule has 1 aliphatic carbocycles. The van der Waals surface area contributed by atoms with Crippen LogP contribution < -0.4 is 0 Å². The van der Waals surface area contributed by atoms with Crippen molar-refractivity contribution in [2.75, 3.05) is 0 Å². The van der Waals surface area contributed by atoms with Gasteiger partial charge in [-0.2, -0.15) is 0 Å². The van der Waals surface area contributed by atoms with Gasteiger partial charge in [0, 0.05) is 12.1 Å². The van der Waals surface area contributed by atoms with Crippen molar-refractivity contribution in [2.24, 2.45) is 0 Å². The van der Waals surface area contributed by atoms with Crippen LogP contribution in [0.4, 0.5) is 0 Å². The number of carbonyl (C=O) groups is 1. The Labute approximate surface area is 82.0 Å². The molecule has 1 aromatic heterocycles. The van der Waals surface area contributed by atoms with Gasteiger partial charge in [0.1, 0.15) is 0 Å². The minimum Gasteiger partial charge on any atom is -0.297 e. The summed E-state index contributed by atoms with van der Waals surface area (Å²) in [5.74, 6) is 0.632. The van der Waals surface area contributed by atoms with E-state index in [1.54, 1.807) is 17.5 Å². The van der Waals surface area contributed by atoms with Gasteiger partial charge in [-0.1, -0.05) is 19.3 Å². The number of rotatable bonds is 2. The molecule has 0 radical (unpaired) electrons. The highest BCUT2D eigenvalue weighted by molar-refractivity contribution is 7.13. The molecule has 1 heterocycles. The van der Waals surface area contributed by atoms with Crippen LogP contribution in [0.2, 0.25) is 0 Å². The van der Waals surface area contributed by atoms with Gasteiger partial charge in [0.25, 0.3) is 0 Å². The number of hydrogen-bond acceptors (Lipinski definition) is 3. The van der Waals surface area contributed by atoms with Crippen LogP contribution in [0.25, 0.3) is 0 Å². The molecule has 0 atom stereocenters. The fourth-order valence-electron chi connectivity index (χ4n) is 1.89. The van der Waals surface area contributed by atoms with Gasteiger partial charge in [-0.05, 0) is 12.8 Å². The second-order valence-corrected chi connectivity index (χ2v) is 4.65. The second kappa shape index (κ2) is 4.01. The lowest BCUT2D eigenvalue weighted by Gasteiger charge is -2.18. The van der Waals surface area contributed by atoms with E-state index in [9.17, 15) is 4.79 Å². The Morgan fingerprint density at radius 3 is 2.77 bits per heavy atom. The summed E-state index contributed by atoms with van der Waals surface area (Å²) in [5.41, 5.74) is 0. The fourth-order valence-corrected chi connectivity index (χ4v) is 2.80. The fraction of sp³-hybridized carbons (Fsp3) is 0.600. The quantitative estimate of drug-likeness (QED) is 0.679. The SMILES string of the molecule is O=Cc1cnc(C2CCCCC2)s1. The third-order valence-corrected chi connectivity index (χ3v) is 3.70. The highest BCUT2D eigenvalue weighted by atomic mass is 32.1. The molecule has 3 heteroatoms. The van der Waals surface area contributed by atoms with E-state index in [0.717, 1.165) is 11.2 Å². The van der Waals surface area contributed by atoms with Gasteiger partial charge in [-0.25, -0.2) is 4.98 Å². The first-order valence-electron chi connectivity index (χ1n) is 4.81. The smallest absolute Gasteiger partial charge is 0.161 e. The third kappa shape index (κ3) is 1.97. The van der Waals surface area contributed by atoms with Gasteiger partial charge in [-0.3, -0.25) is 4.79 Å². The van der Waals surface area contributed by atoms with Crippen molar-refractivity contribution in [3.63, 3.8) is 0 Å². The van der Waals surface area contributed by atoms with Gasteiger partial charge >= 0.3 is 0 Å². The Balaban J connectivity index is 2.09. The van der Waals surface area contributed by atoms with Crippen LogP contribution in [0.5, 0.6) is 0 Å². The highest BCUT2D eigenvalue weighted by Crippen LogP contribution is 2.34. The first-order valence-corrected chi connectivity index (χ1v) is 5.62. The zero-order chi connectivity index (χ0) is 9.10. The maximum absolute atomic E-state index is 10.5. The van der Waals surface area contributed by atoms with Gasteiger partial charge in [0.05, 0.1) is 9.88 Å². The predicted octanol–water partition coefficient (Wildman–Crippen LogP) is 3.00. The zero-order valence-corrected chi connectivity index (χ0v) is 8.35. The Bertz CT molecular complexity index is 289. The molecule has 2 nitrogen and oxygen atoms in total. The summed E-state index contributed by atoms with van der Waals surface area (Å²) < 4.78 is 0. The zero-order valence-electron chi connectivity index (χ0n) is 7.53. The molecule has 0 unspecified atom stereocenters. The van der Waals surface area contributed by atoms with Crippen LogP contribution in [0, 0.1) is 0 Å². The van der Waals surface area contributed by atoms with Crippen LogP contribution in [0.1, 0.15) is 52.7 Å². The van der Waals surface area contributed by atoms with E-state index in [0.29, 0.717) is 5.92 Å². The summed E-state index contributed by atoms with van der Waals surface area (Å²) in [7, 11) is 0. The lowest BCUT2D eigenvalue weighted by atomic mass is 9.90. The molecular weight excluding hydrogens is 182 g/mol. The summed E-state index contributed by atoms with van der Waals surface area (Å²) in [4.78, 5) is 15.5. The Hall–Kier alpha value is -0.700. The molecule has 1 aromatic rings. The standard InChI is InChI=1S/C10H13NOS/c12-7-9-6-11-10(13-9)8-4-2-1-3-5-8/h6-8H,1-5H2. The normalized spacial score (nSPS) is 18.8. The molecule has 1 fully saturated rings. The van der Waals surface area contributed by atoms with E-state index < -0.39 is 0 Å². The van der Waals surface area contributed by atoms with Crippen molar-refractivity contribution in [1.82, 2.24) is 4.98 Å². The van der Waals surface area contributed by atoms with Crippen molar-refractivity contribution >= 4 is 17.6 Å². The van der Waals surface area contributed by atoms with E-state index in [2.05, 4.69) is 4.98 Å². The molecule has 1 saturated carbocycles. The Morgan fingerprint density at radius 2 is 2.15 bits per heavy atom. The van der Waals surface area contributed by atoms with Crippen molar-refractivity contribution in [3.8, 4) is 0 Å². The van der Waals surface area contributed by atoms with Crippen LogP contribution >= 0.6 is 11.3 Å². The monoisotopic (exact) mass is 195 g/mol. The van der Waals surface area contributed by atoms with E-state index in [4.69, 9.17) is 0 Å². The first-order chi connectivity index (χ1) is 6.40. The second-order valence-electron chi connectivity index (χ2n) is 3.55. The van der Waals surface area contributed by atoms with Crippen molar-refractivity contribution in [2.45, 2.75) is 38.0 Å². The Morgan fingerprint density at radius 1 is 1.38 bits per heavy atom. The van der Waals surface area contributed by atoms with Crippen molar-refractivity contribution < 1.29 is 4.79 Å². The number of nitrogens with zero attached hydrogens (tertiary/aromatic N) is 1. The van der Waals surface area contributed by atoms with Gasteiger partial charge in [-0.15, -0.1) is 11.3 Å². The maximum atomic E-state index is 10.5. The minimum absolute atomic E-state index is 0.632. The number of aromatic nitrogens is 1. The van der Waals surface area contributed by atoms with Gasteiger partial charge in [0.15, 0.2) is 6.29 Å². The molecule has 0 bridgehead atoms. The molecule has 0 aliphatic heterocycles. The molecule has 0 aromatic carbocycles. The average molecular weight is 195 g/mol. The van der Waals surface area contributed by atoms with E-state index >= 15 is 0 Å². The molecule has 0 amide bonds. The van der Waals surface area contributed by atoms with Crippen LogP contribution in [-0.2, 0) is 0 Å². The number of thiazole rings is 1. The van der Waals surface area contributed by atoms with Crippen LogP contribution in [0.15, 0.2) is 6.20 Å². The summed E-state index contributed by atoms with van der Waals surface area (Å²) in [6, 6.07) is 0. The summed E-state index contributed by atoms with van der Waals surface area (Å²) in [6.07, 6.45) is 9.10. The lowest BCUT2D eigenvalue weighted by molar-refractivity contribution is 0.112. The van der Waals surface area contributed by atoms with Gasteiger partial charge < -0.3 is 0 Å². The maximum Gasteiger partial charge on any atom is 0.161 e. The summed E-state index contributed by atoms with van der Waals surface area (Å²) >= 11 is 1.56. The molecular formula is C10H13NOS. The van der Waals surface area contributed by atoms with Crippen molar-refractivity contribution in [1.29, 1.82) is 0 Å². The topological polar surface area (TPSA) is 30.0 Å². The van der Waals surface area contributed by atoms with Gasteiger partial charge in [0.2, 0.25) is 0 Å². The molecule has 2 rings (SSSR count). The molecule has 0 spiro atoms. The molecule has 0 saturated heterocycles. The predicted molar refractivity (Wildman–Crippen MR) is 53.3 cm³/mol. The van der Waals surface area contributed by atoms with Crippen molar-refractivity contribution in [3.05, 3.63) is 16.1 Å². The summed E-state index contributed by atoms with van der Waals surface area (Å²) in [5, 5.41) is 1.17. The molecule has 1 aliphatic rings. The van der Waals surface area contributed by atoms with E-state index in [1.807, 2.05) is 0 Å². The molecule has 70 valence electrons. The number of carbonyl (C=O) groups excluding carboxylic acids is 1. The number of hydrogen-bond donors (Lipinski definition) is 0. The van der Waals surface area contributed by atoms with E-state index in [-0.39, 0.29) is 0 Å². The van der Waals surface area contributed by atoms with Crippen LogP contribution in [0.3, 0.4) is 0 Å². The molecule has 13 heavy (non-hydrogen) atoms. The first kappa shape index (κ1) is 8.88. The Kier molecular flexibility index (Phi) is 2.74. The third-order valence-electron chi connectivity index (χ3n) is 2.61.